The second kappa shape index (κ2) is 9.41. The first-order valence-corrected chi connectivity index (χ1v) is 11.1. The Kier molecular flexibility index (Phi) is 7.49. The van der Waals surface area contributed by atoms with Gasteiger partial charge in [-0.1, -0.05) is 13.8 Å². The molecule has 0 saturated carbocycles. The molecule has 2 N–H and O–H groups in total. The van der Waals surface area contributed by atoms with E-state index >= 15 is 0 Å². The standard InChI is InChI=1S/C19H23IN2O4S/c1-13(2)12-21-19(23)14(3)26-17-8-10-18(11-9-17)27(24,25)22-16-6-4-15(20)5-7-16/h4-11,13-14,22H,12H2,1-3H3,(H,21,23)/t14-/m1/s1. The number of hydrogen-bond acceptors (Lipinski definition) is 4. The van der Waals surface area contributed by atoms with Crippen molar-refractivity contribution in [1.82, 2.24) is 5.32 Å². The van der Waals surface area contributed by atoms with Crippen LogP contribution in [0.4, 0.5) is 5.69 Å². The molecule has 2 aromatic rings. The van der Waals surface area contributed by atoms with Crippen molar-refractivity contribution in [1.29, 1.82) is 0 Å². The summed E-state index contributed by atoms with van der Waals surface area (Å²) in [5.74, 6) is 0.572. The molecule has 2 rings (SSSR count). The number of anilines is 1. The Labute approximate surface area is 173 Å². The van der Waals surface area contributed by atoms with Gasteiger partial charge in [0.25, 0.3) is 15.9 Å². The number of carbonyl (C=O) groups is 1. The molecule has 146 valence electrons. The molecule has 1 atom stereocenters. The number of nitrogens with one attached hydrogen (secondary N) is 2. The van der Waals surface area contributed by atoms with E-state index in [0.29, 0.717) is 23.9 Å². The number of sulfonamides is 1. The van der Waals surface area contributed by atoms with Gasteiger partial charge in [-0.3, -0.25) is 9.52 Å². The van der Waals surface area contributed by atoms with Crippen LogP contribution in [0.5, 0.6) is 5.75 Å². The Bertz CT molecular complexity index is 866. The Hall–Kier alpha value is -1.81. The molecule has 2 aromatic carbocycles. The summed E-state index contributed by atoms with van der Waals surface area (Å²) in [4.78, 5) is 12.1. The van der Waals surface area contributed by atoms with Crippen molar-refractivity contribution in [2.24, 2.45) is 5.92 Å². The highest BCUT2D eigenvalue weighted by atomic mass is 127. The van der Waals surface area contributed by atoms with E-state index in [0.717, 1.165) is 3.57 Å². The van der Waals surface area contributed by atoms with Gasteiger partial charge in [-0.15, -0.1) is 0 Å². The van der Waals surface area contributed by atoms with Crippen molar-refractivity contribution >= 4 is 44.2 Å². The van der Waals surface area contributed by atoms with Crippen LogP contribution in [0.15, 0.2) is 53.4 Å². The van der Waals surface area contributed by atoms with Gasteiger partial charge in [-0.05, 0) is 84.0 Å². The molecule has 0 aliphatic rings. The molecule has 8 heteroatoms. The van der Waals surface area contributed by atoms with Crippen LogP contribution in [-0.4, -0.2) is 27.0 Å². The van der Waals surface area contributed by atoms with E-state index in [2.05, 4.69) is 32.6 Å². The van der Waals surface area contributed by atoms with E-state index < -0.39 is 16.1 Å². The monoisotopic (exact) mass is 502 g/mol. The molecule has 0 fully saturated rings. The zero-order chi connectivity index (χ0) is 20.0. The van der Waals surface area contributed by atoms with E-state index in [1.807, 2.05) is 26.0 Å². The molecule has 6 nitrogen and oxygen atoms in total. The fraction of sp³-hybridized carbons (Fsp3) is 0.316. The number of amides is 1. The van der Waals surface area contributed by atoms with Crippen molar-refractivity contribution in [3.05, 3.63) is 52.1 Å². The Morgan fingerprint density at radius 3 is 2.19 bits per heavy atom. The fourth-order valence-electron chi connectivity index (χ4n) is 2.14. The Morgan fingerprint density at radius 2 is 1.63 bits per heavy atom. The van der Waals surface area contributed by atoms with Gasteiger partial charge in [-0.2, -0.15) is 0 Å². The van der Waals surface area contributed by atoms with E-state index in [1.165, 1.54) is 24.3 Å². The summed E-state index contributed by atoms with van der Waals surface area (Å²) < 4.78 is 34.0. The normalized spacial score (nSPS) is 12.5. The maximum atomic E-state index is 12.5. The van der Waals surface area contributed by atoms with Crippen LogP contribution in [-0.2, 0) is 14.8 Å². The second-order valence-corrected chi connectivity index (χ2v) is 9.41. The van der Waals surface area contributed by atoms with Gasteiger partial charge < -0.3 is 10.1 Å². The van der Waals surface area contributed by atoms with Gasteiger partial charge in [-0.25, -0.2) is 8.42 Å². The maximum Gasteiger partial charge on any atom is 0.261 e. The minimum atomic E-state index is -3.69. The van der Waals surface area contributed by atoms with Crippen LogP contribution in [0.3, 0.4) is 0 Å². The van der Waals surface area contributed by atoms with Crippen molar-refractivity contribution in [2.75, 3.05) is 11.3 Å². The third-order valence-corrected chi connectivity index (χ3v) is 5.71. The van der Waals surface area contributed by atoms with Gasteiger partial charge in [0.15, 0.2) is 6.10 Å². The summed E-state index contributed by atoms with van der Waals surface area (Å²) in [6, 6.07) is 13.0. The van der Waals surface area contributed by atoms with Gasteiger partial charge in [0.2, 0.25) is 0 Å². The molecule has 0 bridgehead atoms. The number of carbonyl (C=O) groups excluding carboxylic acids is 1. The van der Waals surface area contributed by atoms with Crippen molar-refractivity contribution < 1.29 is 17.9 Å². The van der Waals surface area contributed by atoms with Crippen LogP contribution >= 0.6 is 22.6 Å². The summed E-state index contributed by atoms with van der Waals surface area (Å²) in [5.41, 5.74) is 0.492. The van der Waals surface area contributed by atoms with E-state index in [9.17, 15) is 13.2 Å². The predicted molar refractivity (Wildman–Crippen MR) is 114 cm³/mol. The average molecular weight is 502 g/mol. The van der Waals surface area contributed by atoms with Gasteiger partial charge in [0.1, 0.15) is 5.75 Å². The molecule has 0 spiro atoms. The number of rotatable bonds is 8. The Morgan fingerprint density at radius 1 is 1.04 bits per heavy atom. The summed E-state index contributed by atoms with van der Waals surface area (Å²) in [6.45, 7) is 6.25. The first kappa shape index (κ1) is 21.5. The number of hydrogen-bond donors (Lipinski definition) is 2. The first-order chi connectivity index (χ1) is 12.7. The van der Waals surface area contributed by atoms with Gasteiger partial charge in [0, 0.05) is 15.8 Å². The molecule has 0 radical (unpaired) electrons. The second-order valence-electron chi connectivity index (χ2n) is 6.48. The SMILES string of the molecule is CC(C)CNC(=O)[C@@H](C)Oc1ccc(S(=O)(=O)Nc2ccc(I)cc2)cc1. The van der Waals surface area contributed by atoms with E-state index in [-0.39, 0.29) is 10.8 Å². The molecular weight excluding hydrogens is 479 g/mol. The highest BCUT2D eigenvalue weighted by Gasteiger charge is 2.17. The lowest BCUT2D eigenvalue weighted by Crippen LogP contribution is -2.38. The number of benzene rings is 2. The number of halogens is 1. The van der Waals surface area contributed by atoms with E-state index in [1.54, 1.807) is 19.1 Å². The smallest absolute Gasteiger partial charge is 0.261 e. The minimum absolute atomic E-state index is 0.116. The molecule has 0 saturated heterocycles. The summed E-state index contributed by atoms with van der Waals surface area (Å²) in [7, 11) is -3.69. The van der Waals surface area contributed by atoms with Crippen molar-refractivity contribution in [2.45, 2.75) is 31.8 Å². The minimum Gasteiger partial charge on any atom is -0.481 e. The molecule has 0 aliphatic heterocycles. The lowest BCUT2D eigenvalue weighted by Gasteiger charge is -2.16. The third kappa shape index (κ3) is 6.69. The molecule has 0 aliphatic carbocycles. The molecule has 1 amide bonds. The average Bonchev–Trinajstić information content (AvgIpc) is 2.61. The Balaban J connectivity index is 2.01. The fourth-order valence-corrected chi connectivity index (χ4v) is 3.55. The van der Waals surface area contributed by atoms with Crippen LogP contribution in [0.1, 0.15) is 20.8 Å². The van der Waals surface area contributed by atoms with Crippen LogP contribution in [0, 0.1) is 9.49 Å². The zero-order valence-electron chi connectivity index (χ0n) is 15.4. The summed E-state index contributed by atoms with van der Waals surface area (Å²) in [6.07, 6.45) is -0.670. The molecular formula is C19H23IN2O4S. The predicted octanol–water partition coefficient (Wildman–Crippen LogP) is 3.63. The molecule has 27 heavy (non-hydrogen) atoms. The topological polar surface area (TPSA) is 84.5 Å². The van der Waals surface area contributed by atoms with Crippen LogP contribution in [0.2, 0.25) is 0 Å². The summed E-state index contributed by atoms with van der Waals surface area (Å²) >= 11 is 2.15. The lowest BCUT2D eigenvalue weighted by molar-refractivity contribution is -0.127. The highest BCUT2D eigenvalue weighted by molar-refractivity contribution is 14.1. The lowest BCUT2D eigenvalue weighted by atomic mass is 10.2. The molecule has 0 unspecified atom stereocenters. The molecule has 0 aromatic heterocycles. The maximum absolute atomic E-state index is 12.5. The highest BCUT2D eigenvalue weighted by Crippen LogP contribution is 2.20. The van der Waals surface area contributed by atoms with E-state index in [4.69, 9.17) is 4.74 Å². The third-order valence-electron chi connectivity index (χ3n) is 3.60. The van der Waals surface area contributed by atoms with Crippen LogP contribution < -0.4 is 14.8 Å². The zero-order valence-corrected chi connectivity index (χ0v) is 18.4. The first-order valence-electron chi connectivity index (χ1n) is 8.50. The summed E-state index contributed by atoms with van der Waals surface area (Å²) in [5, 5.41) is 2.80. The van der Waals surface area contributed by atoms with Gasteiger partial charge >= 0.3 is 0 Å². The largest absolute Gasteiger partial charge is 0.481 e. The van der Waals surface area contributed by atoms with Crippen LogP contribution in [0.25, 0.3) is 0 Å². The van der Waals surface area contributed by atoms with Gasteiger partial charge in [0.05, 0.1) is 4.90 Å². The van der Waals surface area contributed by atoms with Crippen molar-refractivity contribution in [3.63, 3.8) is 0 Å². The van der Waals surface area contributed by atoms with Crippen molar-refractivity contribution in [3.8, 4) is 5.75 Å². The molecule has 0 heterocycles. The number of ether oxygens (including phenoxy) is 1. The quantitative estimate of drug-likeness (QED) is 0.541.